The number of hydrogen-bond acceptors (Lipinski definition) is 3. The standard InChI is InChI=1S/C15H18N2OS/c1-3-7-12-10-13(19)17-15(16-12)14(18-2)11-8-5-4-6-9-11/h4-6,8-10,14H,3,7H2,1-2H3,(H,16,17,19). The Morgan fingerprint density at radius 2 is 2.05 bits per heavy atom. The maximum Gasteiger partial charge on any atom is 0.141 e. The Morgan fingerprint density at radius 3 is 2.68 bits per heavy atom. The lowest BCUT2D eigenvalue weighted by molar-refractivity contribution is 0.128. The number of aromatic nitrogens is 2. The smallest absolute Gasteiger partial charge is 0.141 e. The monoisotopic (exact) mass is 274 g/mol. The Morgan fingerprint density at radius 1 is 1.32 bits per heavy atom. The minimum Gasteiger partial charge on any atom is -0.369 e. The Bertz CT molecular complexity index is 580. The Labute approximate surface area is 118 Å². The zero-order chi connectivity index (χ0) is 13.7. The summed E-state index contributed by atoms with van der Waals surface area (Å²) < 4.78 is 6.18. The maximum absolute atomic E-state index is 5.57. The molecular formula is C15H18N2OS. The predicted molar refractivity (Wildman–Crippen MR) is 78.7 cm³/mol. The van der Waals surface area contributed by atoms with Crippen LogP contribution in [-0.4, -0.2) is 17.1 Å². The van der Waals surface area contributed by atoms with E-state index in [0.29, 0.717) is 4.64 Å². The molecular weight excluding hydrogens is 256 g/mol. The topological polar surface area (TPSA) is 37.9 Å². The first kappa shape index (κ1) is 13.9. The fourth-order valence-electron chi connectivity index (χ4n) is 2.09. The van der Waals surface area contributed by atoms with E-state index in [4.69, 9.17) is 17.0 Å². The summed E-state index contributed by atoms with van der Waals surface area (Å²) in [6.07, 6.45) is 1.82. The quantitative estimate of drug-likeness (QED) is 0.842. The average Bonchev–Trinajstić information content (AvgIpc) is 2.40. The number of nitrogens with zero attached hydrogens (tertiary/aromatic N) is 1. The van der Waals surface area contributed by atoms with Crippen molar-refractivity contribution in [3.8, 4) is 0 Å². The Kier molecular flexibility index (Phi) is 4.82. The van der Waals surface area contributed by atoms with Crippen molar-refractivity contribution >= 4 is 12.2 Å². The second-order valence-corrected chi connectivity index (χ2v) is 4.82. The summed E-state index contributed by atoms with van der Waals surface area (Å²) in [6, 6.07) is 11.9. The highest BCUT2D eigenvalue weighted by Crippen LogP contribution is 2.22. The molecule has 4 heteroatoms. The molecule has 0 aliphatic heterocycles. The van der Waals surface area contributed by atoms with Gasteiger partial charge in [-0.15, -0.1) is 0 Å². The number of aromatic amines is 1. The van der Waals surface area contributed by atoms with Gasteiger partial charge in [-0.1, -0.05) is 55.9 Å². The summed E-state index contributed by atoms with van der Waals surface area (Å²) in [5.74, 6) is 0.768. The molecule has 1 heterocycles. The molecule has 2 aromatic rings. The molecule has 1 aromatic carbocycles. The Balaban J connectivity index is 2.41. The number of H-pyrrole nitrogens is 1. The summed E-state index contributed by atoms with van der Waals surface area (Å²) in [7, 11) is 1.68. The first-order valence-corrected chi connectivity index (χ1v) is 6.83. The van der Waals surface area contributed by atoms with Crippen LogP contribution in [0.5, 0.6) is 0 Å². The number of nitrogens with one attached hydrogen (secondary N) is 1. The normalized spacial score (nSPS) is 12.3. The predicted octanol–water partition coefficient (Wildman–Crippen LogP) is 3.83. The zero-order valence-corrected chi connectivity index (χ0v) is 12.0. The van der Waals surface area contributed by atoms with Crippen molar-refractivity contribution in [1.82, 2.24) is 9.97 Å². The van der Waals surface area contributed by atoms with Gasteiger partial charge in [-0.25, -0.2) is 4.98 Å². The molecule has 1 unspecified atom stereocenters. The Hall–Kier alpha value is -1.52. The van der Waals surface area contributed by atoms with E-state index >= 15 is 0 Å². The molecule has 0 spiro atoms. The van der Waals surface area contributed by atoms with Crippen molar-refractivity contribution in [2.75, 3.05) is 7.11 Å². The number of rotatable bonds is 5. The molecule has 100 valence electrons. The third-order valence-electron chi connectivity index (χ3n) is 2.92. The van der Waals surface area contributed by atoms with Crippen LogP contribution < -0.4 is 0 Å². The minimum atomic E-state index is -0.209. The highest BCUT2D eigenvalue weighted by molar-refractivity contribution is 7.71. The maximum atomic E-state index is 5.57. The van der Waals surface area contributed by atoms with E-state index in [1.54, 1.807) is 7.11 Å². The van der Waals surface area contributed by atoms with Gasteiger partial charge in [0.15, 0.2) is 0 Å². The van der Waals surface area contributed by atoms with Gasteiger partial charge in [0.05, 0.1) is 0 Å². The SMILES string of the molecule is CCCc1cc(=S)nc(C(OC)c2ccccc2)[nH]1. The molecule has 0 fully saturated rings. The second kappa shape index (κ2) is 6.59. The molecule has 0 saturated heterocycles. The highest BCUT2D eigenvalue weighted by Gasteiger charge is 2.15. The molecule has 0 bridgehead atoms. The molecule has 2 rings (SSSR count). The van der Waals surface area contributed by atoms with Gasteiger partial charge in [0.2, 0.25) is 0 Å². The van der Waals surface area contributed by atoms with Crippen molar-refractivity contribution in [3.05, 3.63) is 58.1 Å². The van der Waals surface area contributed by atoms with Gasteiger partial charge >= 0.3 is 0 Å². The highest BCUT2D eigenvalue weighted by atomic mass is 32.1. The third-order valence-corrected chi connectivity index (χ3v) is 3.13. The molecule has 0 amide bonds. The number of benzene rings is 1. The van der Waals surface area contributed by atoms with Crippen LogP contribution in [0.25, 0.3) is 0 Å². The van der Waals surface area contributed by atoms with E-state index in [9.17, 15) is 0 Å². The van der Waals surface area contributed by atoms with Crippen LogP contribution in [0.4, 0.5) is 0 Å². The first-order valence-electron chi connectivity index (χ1n) is 6.42. The number of hydrogen-bond donors (Lipinski definition) is 1. The summed E-state index contributed by atoms with van der Waals surface area (Å²) in [5.41, 5.74) is 2.17. The number of ether oxygens (including phenoxy) is 1. The van der Waals surface area contributed by atoms with Crippen molar-refractivity contribution in [2.45, 2.75) is 25.9 Å². The molecule has 1 N–H and O–H groups in total. The van der Waals surface area contributed by atoms with Gasteiger partial charge < -0.3 is 9.72 Å². The van der Waals surface area contributed by atoms with E-state index in [1.807, 2.05) is 36.4 Å². The molecule has 0 saturated carbocycles. The second-order valence-electron chi connectivity index (χ2n) is 4.41. The summed E-state index contributed by atoms with van der Waals surface area (Å²) in [4.78, 5) is 7.73. The summed E-state index contributed by atoms with van der Waals surface area (Å²) in [6.45, 7) is 2.14. The van der Waals surface area contributed by atoms with Gasteiger partial charge in [-0.05, 0) is 18.1 Å². The van der Waals surface area contributed by atoms with E-state index in [2.05, 4.69) is 16.9 Å². The van der Waals surface area contributed by atoms with E-state index < -0.39 is 0 Å². The lowest BCUT2D eigenvalue weighted by Gasteiger charge is -2.16. The average molecular weight is 274 g/mol. The van der Waals surface area contributed by atoms with E-state index in [0.717, 1.165) is 29.9 Å². The molecule has 19 heavy (non-hydrogen) atoms. The van der Waals surface area contributed by atoms with Gasteiger partial charge in [0, 0.05) is 12.8 Å². The van der Waals surface area contributed by atoms with Crippen molar-refractivity contribution < 1.29 is 4.74 Å². The van der Waals surface area contributed by atoms with Gasteiger partial charge in [-0.2, -0.15) is 0 Å². The van der Waals surface area contributed by atoms with Crippen molar-refractivity contribution in [2.24, 2.45) is 0 Å². The van der Waals surface area contributed by atoms with Crippen molar-refractivity contribution in [1.29, 1.82) is 0 Å². The molecule has 0 aliphatic rings. The largest absolute Gasteiger partial charge is 0.369 e. The molecule has 0 aliphatic carbocycles. The summed E-state index contributed by atoms with van der Waals surface area (Å²) in [5, 5.41) is 0. The fourth-order valence-corrected chi connectivity index (χ4v) is 2.33. The lowest BCUT2D eigenvalue weighted by Crippen LogP contribution is -2.10. The third kappa shape index (κ3) is 3.49. The van der Waals surface area contributed by atoms with Crippen LogP contribution in [0.15, 0.2) is 36.4 Å². The van der Waals surface area contributed by atoms with Crippen LogP contribution in [0.2, 0.25) is 0 Å². The van der Waals surface area contributed by atoms with Crippen LogP contribution in [-0.2, 0) is 11.2 Å². The lowest BCUT2D eigenvalue weighted by atomic mass is 10.1. The molecule has 0 radical (unpaired) electrons. The number of aryl methyl sites for hydroxylation is 1. The van der Waals surface area contributed by atoms with Gasteiger partial charge in [0.1, 0.15) is 16.6 Å². The fraction of sp³-hybridized carbons (Fsp3) is 0.333. The molecule has 1 aromatic heterocycles. The van der Waals surface area contributed by atoms with Crippen LogP contribution in [0.1, 0.15) is 36.5 Å². The molecule has 1 atom stereocenters. The van der Waals surface area contributed by atoms with Gasteiger partial charge in [-0.3, -0.25) is 0 Å². The van der Waals surface area contributed by atoms with E-state index in [-0.39, 0.29) is 6.10 Å². The van der Waals surface area contributed by atoms with Crippen LogP contribution in [0, 0.1) is 4.64 Å². The first-order chi connectivity index (χ1) is 9.24. The van der Waals surface area contributed by atoms with Gasteiger partial charge in [0.25, 0.3) is 0 Å². The number of methoxy groups -OCH3 is 1. The van der Waals surface area contributed by atoms with E-state index in [1.165, 1.54) is 0 Å². The zero-order valence-electron chi connectivity index (χ0n) is 11.2. The van der Waals surface area contributed by atoms with Crippen LogP contribution >= 0.6 is 12.2 Å². The van der Waals surface area contributed by atoms with Crippen LogP contribution in [0.3, 0.4) is 0 Å². The molecule has 3 nitrogen and oxygen atoms in total. The van der Waals surface area contributed by atoms with Crippen molar-refractivity contribution in [3.63, 3.8) is 0 Å². The minimum absolute atomic E-state index is 0.209. The summed E-state index contributed by atoms with van der Waals surface area (Å²) >= 11 is 5.23.